The van der Waals surface area contributed by atoms with Crippen LogP contribution in [0.5, 0.6) is 5.75 Å². The molecule has 3 aromatic rings. The summed E-state index contributed by atoms with van der Waals surface area (Å²) in [6.45, 7) is 2.91. The predicted molar refractivity (Wildman–Crippen MR) is 118 cm³/mol. The number of hydrogen-bond donors (Lipinski definition) is 2. The number of nitrogens with two attached hydrogens (primary N) is 1. The van der Waals surface area contributed by atoms with Gasteiger partial charge in [0.1, 0.15) is 11.4 Å². The number of carbonyl (C=O) groups is 1. The molecule has 0 aliphatic heterocycles. The molecule has 162 valence electrons. The number of ether oxygens (including phenoxy) is 1. The predicted octanol–water partition coefficient (Wildman–Crippen LogP) is 3.60. The zero-order valence-corrected chi connectivity index (χ0v) is 17.9. The van der Waals surface area contributed by atoms with E-state index in [1.807, 2.05) is 13.1 Å². The van der Waals surface area contributed by atoms with E-state index in [1.54, 1.807) is 17.1 Å². The van der Waals surface area contributed by atoms with Gasteiger partial charge in [-0.25, -0.2) is 4.98 Å². The molecule has 1 atom stereocenters. The van der Waals surface area contributed by atoms with Gasteiger partial charge in [0.05, 0.1) is 25.6 Å². The van der Waals surface area contributed by atoms with E-state index >= 15 is 0 Å². The van der Waals surface area contributed by atoms with Crippen LogP contribution in [0, 0.1) is 0 Å². The number of aryl methyl sites for hydroxylation is 2. The summed E-state index contributed by atoms with van der Waals surface area (Å²) in [5.74, 6) is 0.326. The largest absolute Gasteiger partial charge is 0.494 e. The lowest BCUT2D eigenvalue weighted by molar-refractivity contribution is 0.0995. The molecule has 30 heavy (non-hydrogen) atoms. The van der Waals surface area contributed by atoms with E-state index in [9.17, 15) is 9.90 Å². The summed E-state index contributed by atoms with van der Waals surface area (Å²) < 4.78 is 9.84. The molecule has 0 saturated carbocycles. The maximum Gasteiger partial charge on any atom is 0.268 e. The smallest absolute Gasteiger partial charge is 0.268 e. The Morgan fingerprint density at radius 1 is 1.27 bits per heavy atom. The van der Waals surface area contributed by atoms with Crippen molar-refractivity contribution in [2.24, 2.45) is 12.8 Å². The number of primary amides is 1. The summed E-state index contributed by atoms with van der Waals surface area (Å²) in [4.78, 5) is 15.3. The van der Waals surface area contributed by atoms with Gasteiger partial charge in [0, 0.05) is 30.3 Å². The van der Waals surface area contributed by atoms with Crippen LogP contribution in [0.2, 0.25) is 0 Å². The first kappa shape index (κ1) is 21.9. The first-order chi connectivity index (χ1) is 14.5. The average molecular weight is 413 g/mol. The fourth-order valence-corrected chi connectivity index (χ4v) is 3.78. The second-order valence-corrected chi connectivity index (χ2v) is 7.80. The summed E-state index contributed by atoms with van der Waals surface area (Å²) in [6, 6.07) is 6.07. The number of benzene rings is 1. The highest BCUT2D eigenvalue weighted by Gasteiger charge is 2.15. The van der Waals surface area contributed by atoms with Crippen LogP contribution in [0.25, 0.3) is 10.9 Å². The van der Waals surface area contributed by atoms with Crippen molar-refractivity contribution in [3.63, 3.8) is 0 Å². The van der Waals surface area contributed by atoms with Gasteiger partial charge in [0.15, 0.2) is 0 Å². The monoisotopic (exact) mass is 412 g/mol. The summed E-state index contributed by atoms with van der Waals surface area (Å²) in [7, 11) is 2.04. The van der Waals surface area contributed by atoms with Crippen LogP contribution in [0.1, 0.15) is 61.1 Å². The molecule has 0 saturated heterocycles. The number of amides is 1. The highest BCUT2D eigenvalue weighted by Crippen LogP contribution is 2.28. The Kier molecular flexibility index (Phi) is 7.52. The highest BCUT2D eigenvalue weighted by atomic mass is 16.5. The Balaban J connectivity index is 1.69. The minimum absolute atomic E-state index is 0.0363. The number of aliphatic hydroxyl groups excluding tert-OH is 1. The summed E-state index contributed by atoms with van der Waals surface area (Å²) in [6.07, 6.45) is 11.5. The van der Waals surface area contributed by atoms with Gasteiger partial charge in [-0.1, -0.05) is 26.2 Å². The first-order valence-electron chi connectivity index (χ1n) is 10.7. The van der Waals surface area contributed by atoms with E-state index in [-0.39, 0.29) is 18.3 Å². The van der Waals surface area contributed by atoms with Crippen molar-refractivity contribution < 1.29 is 14.6 Å². The number of rotatable bonds is 12. The number of aromatic nitrogens is 3. The van der Waals surface area contributed by atoms with E-state index in [4.69, 9.17) is 10.5 Å². The number of aliphatic hydroxyl groups is 1. The number of unbranched alkanes of at least 4 members (excludes halogenated alkanes) is 3. The number of nitrogens with zero attached hydrogens (tertiary/aromatic N) is 3. The van der Waals surface area contributed by atoms with Gasteiger partial charge in [-0.3, -0.25) is 4.79 Å². The topological polar surface area (TPSA) is 95.3 Å². The molecular formula is C23H32N4O3. The lowest BCUT2D eigenvalue weighted by Crippen LogP contribution is -2.14. The molecule has 0 bridgehead atoms. The maximum atomic E-state index is 11.3. The van der Waals surface area contributed by atoms with Crippen LogP contribution in [-0.2, 0) is 13.5 Å². The molecule has 1 unspecified atom stereocenters. The van der Waals surface area contributed by atoms with Crippen molar-refractivity contribution in [3.8, 4) is 5.75 Å². The van der Waals surface area contributed by atoms with Crippen molar-refractivity contribution in [3.05, 3.63) is 48.2 Å². The van der Waals surface area contributed by atoms with E-state index in [2.05, 4.69) is 34.8 Å². The summed E-state index contributed by atoms with van der Waals surface area (Å²) in [5, 5.41) is 11.0. The van der Waals surface area contributed by atoms with E-state index in [1.165, 1.54) is 30.2 Å². The van der Waals surface area contributed by atoms with Gasteiger partial charge in [-0.2, -0.15) is 0 Å². The standard InChI is InChI=1S/C23H32N4O3/c1-3-4-5-6-11-30-19-9-10-22-20(12-19)17(13-26(22)2)7-8-18(15-28)27-14-21(23(24)29)25-16-27/h9-10,12-14,16,18,28H,3-8,11,15H2,1-2H3,(H2,24,29). The van der Waals surface area contributed by atoms with Crippen LogP contribution in [0.15, 0.2) is 36.9 Å². The van der Waals surface area contributed by atoms with Crippen molar-refractivity contribution in [2.75, 3.05) is 13.2 Å². The first-order valence-corrected chi connectivity index (χ1v) is 10.7. The van der Waals surface area contributed by atoms with Crippen LogP contribution in [0.4, 0.5) is 0 Å². The zero-order valence-electron chi connectivity index (χ0n) is 17.9. The quantitative estimate of drug-likeness (QED) is 0.444. The van der Waals surface area contributed by atoms with Crippen LogP contribution in [0.3, 0.4) is 0 Å². The fraction of sp³-hybridized carbons (Fsp3) is 0.478. The van der Waals surface area contributed by atoms with E-state index < -0.39 is 5.91 Å². The number of imidazole rings is 1. The van der Waals surface area contributed by atoms with Crippen LogP contribution >= 0.6 is 0 Å². The number of carbonyl (C=O) groups excluding carboxylic acids is 1. The Bertz CT molecular complexity index is 976. The van der Waals surface area contributed by atoms with Crippen molar-refractivity contribution >= 4 is 16.8 Å². The molecule has 0 radical (unpaired) electrons. The summed E-state index contributed by atoms with van der Waals surface area (Å²) in [5.41, 5.74) is 7.85. The Morgan fingerprint density at radius 3 is 2.80 bits per heavy atom. The zero-order chi connectivity index (χ0) is 21.5. The third-order valence-electron chi connectivity index (χ3n) is 5.54. The van der Waals surface area contributed by atoms with Crippen LogP contribution < -0.4 is 10.5 Å². The molecule has 0 aliphatic rings. The number of fused-ring (bicyclic) bond motifs is 1. The third-order valence-corrected chi connectivity index (χ3v) is 5.54. The van der Waals surface area contributed by atoms with Crippen molar-refractivity contribution in [1.82, 2.24) is 14.1 Å². The van der Waals surface area contributed by atoms with E-state index in [0.717, 1.165) is 30.7 Å². The Hall–Kier alpha value is -2.80. The molecular weight excluding hydrogens is 380 g/mol. The third kappa shape index (κ3) is 5.21. The molecule has 7 nitrogen and oxygen atoms in total. The van der Waals surface area contributed by atoms with Crippen molar-refractivity contribution in [1.29, 1.82) is 0 Å². The second-order valence-electron chi connectivity index (χ2n) is 7.80. The van der Waals surface area contributed by atoms with Gasteiger partial charge in [-0.15, -0.1) is 0 Å². The highest BCUT2D eigenvalue weighted by molar-refractivity contribution is 5.90. The SMILES string of the molecule is CCCCCCOc1ccc2c(c1)c(CCC(CO)n1cnc(C(N)=O)c1)cn2C. The van der Waals surface area contributed by atoms with Gasteiger partial charge in [0.2, 0.25) is 0 Å². The lowest BCUT2D eigenvalue weighted by Gasteiger charge is -2.15. The molecule has 0 fully saturated rings. The lowest BCUT2D eigenvalue weighted by atomic mass is 10.0. The molecule has 0 spiro atoms. The molecule has 2 aromatic heterocycles. The van der Waals surface area contributed by atoms with E-state index in [0.29, 0.717) is 6.42 Å². The second kappa shape index (κ2) is 10.3. The molecule has 0 aliphatic carbocycles. The van der Waals surface area contributed by atoms with Gasteiger partial charge in [0.25, 0.3) is 5.91 Å². The molecule has 1 amide bonds. The van der Waals surface area contributed by atoms with Gasteiger partial charge >= 0.3 is 0 Å². The molecule has 1 aromatic carbocycles. The molecule has 3 rings (SSSR count). The minimum Gasteiger partial charge on any atom is -0.494 e. The normalized spacial score (nSPS) is 12.4. The fourth-order valence-electron chi connectivity index (χ4n) is 3.78. The summed E-state index contributed by atoms with van der Waals surface area (Å²) >= 11 is 0. The van der Waals surface area contributed by atoms with Gasteiger partial charge < -0.3 is 24.7 Å². The van der Waals surface area contributed by atoms with Crippen LogP contribution in [-0.4, -0.2) is 38.3 Å². The van der Waals surface area contributed by atoms with Crippen molar-refractivity contribution in [2.45, 2.75) is 51.5 Å². The molecule has 2 heterocycles. The minimum atomic E-state index is -0.568. The Labute approximate surface area is 177 Å². The Morgan fingerprint density at radius 2 is 2.10 bits per heavy atom. The maximum absolute atomic E-state index is 11.3. The van der Waals surface area contributed by atoms with Gasteiger partial charge in [-0.05, 0) is 43.0 Å². The molecule has 3 N–H and O–H groups in total. The average Bonchev–Trinajstić information content (AvgIpc) is 3.34. The number of hydrogen-bond acceptors (Lipinski definition) is 4. The molecule has 7 heteroatoms.